The highest BCUT2D eigenvalue weighted by molar-refractivity contribution is 6.18. The number of hydrogen-bond acceptors (Lipinski definition) is 4. The number of rotatable bonds is 7. The zero-order valence-electron chi connectivity index (χ0n) is 12.3. The van der Waals surface area contributed by atoms with Gasteiger partial charge in [-0.25, -0.2) is 9.97 Å². The summed E-state index contributed by atoms with van der Waals surface area (Å²) in [6, 6.07) is 8.94. The number of amides is 1. The van der Waals surface area contributed by atoms with Crippen molar-refractivity contribution < 1.29 is 4.79 Å². The number of anilines is 2. The number of halogens is 3. The standard InChI is InChI=1S/C15H16Cl2N4O.ClH/c16-6-10-21(11-7-17)13-4-2-12(3-5-13)14(22)20-15-18-8-1-9-19-15;/h1-5,8-9H,6-7,10-11H2,(H,18,19,20,22);1H. The summed E-state index contributed by atoms with van der Waals surface area (Å²) in [5.41, 5.74) is 1.52. The lowest BCUT2D eigenvalue weighted by atomic mass is 10.2. The Balaban J connectivity index is 0.00000264. The molecule has 124 valence electrons. The summed E-state index contributed by atoms with van der Waals surface area (Å²) >= 11 is 11.6. The predicted octanol–water partition coefficient (Wildman–Crippen LogP) is 3.43. The maximum atomic E-state index is 12.1. The molecule has 2 rings (SSSR count). The van der Waals surface area contributed by atoms with Gasteiger partial charge in [0, 0.05) is 48.5 Å². The van der Waals surface area contributed by atoms with Crippen molar-refractivity contribution in [2.24, 2.45) is 0 Å². The van der Waals surface area contributed by atoms with Crippen LogP contribution < -0.4 is 10.2 Å². The van der Waals surface area contributed by atoms with Crippen LogP contribution in [0, 0.1) is 0 Å². The summed E-state index contributed by atoms with van der Waals surface area (Å²) in [6.07, 6.45) is 3.14. The summed E-state index contributed by atoms with van der Waals surface area (Å²) in [5.74, 6) is 1.07. The molecule has 0 aliphatic heterocycles. The summed E-state index contributed by atoms with van der Waals surface area (Å²) in [5, 5.41) is 2.64. The molecular weight excluding hydrogens is 359 g/mol. The van der Waals surface area contributed by atoms with Crippen molar-refractivity contribution in [2.45, 2.75) is 0 Å². The maximum absolute atomic E-state index is 12.1. The molecular formula is C15H17Cl3N4O. The molecule has 1 aromatic carbocycles. The molecule has 2 aromatic rings. The molecule has 1 amide bonds. The van der Waals surface area contributed by atoms with E-state index in [0.717, 1.165) is 5.69 Å². The lowest BCUT2D eigenvalue weighted by molar-refractivity contribution is 0.102. The van der Waals surface area contributed by atoms with Crippen molar-refractivity contribution in [3.63, 3.8) is 0 Å². The third-order valence-corrected chi connectivity index (χ3v) is 3.33. The zero-order valence-corrected chi connectivity index (χ0v) is 14.6. The molecule has 0 aliphatic rings. The first-order valence-electron chi connectivity index (χ1n) is 6.80. The Morgan fingerprint density at radius 3 is 2.13 bits per heavy atom. The molecule has 1 heterocycles. The molecule has 0 bridgehead atoms. The average molecular weight is 376 g/mol. The zero-order chi connectivity index (χ0) is 15.8. The SMILES string of the molecule is Cl.O=C(Nc1ncccn1)c1ccc(N(CCCl)CCCl)cc1. The number of carbonyl (C=O) groups excluding carboxylic acids is 1. The van der Waals surface area contributed by atoms with E-state index < -0.39 is 0 Å². The monoisotopic (exact) mass is 374 g/mol. The number of carbonyl (C=O) groups is 1. The van der Waals surface area contributed by atoms with Crippen molar-refractivity contribution >= 4 is 53.2 Å². The van der Waals surface area contributed by atoms with E-state index in [1.807, 2.05) is 12.1 Å². The van der Waals surface area contributed by atoms with Crippen LogP contribution >= 0.6 is 35.6 Å². The fourth-order valence-corrected chi connectivity index (χ4v) is 2.34. The minimum Gasteiger partial charge on any atom is -0.369 e. The van der Waals surface area contributed by atoms with Crippen LogP contribution in [0.4, 0.5) is 11.6 Å². The number of nitrogens with zero attached hydrogens (tertiary/aromatic N) is 3. The van der Waals surface area contributed by atoms with E-state index in [2.05, 4.69) is 20.2 Å². The van der Waals surface area contributed by atoms with Gasteiger partial charge in [0.15, 0.2) is 0 Å². The number of hydrogen-bond donors (Lipinski definition) is 1. The first kappa shape index (κ1) is 19.5. The molecule has 0 fully saturated rings. The van der Waals surface area contributed by atoms with Crippen molar-refractivity contribution in [3.05, 3.63) is 48.3 Å². The highest BCUT2D eigenvalue weighted by Crippen LogP contribution is 2.16. The van der Waals surface area contributed by atoms with E-state index in [1.54, 1.807) is 30.6 Å². The van der Waals surface area contributed by atoms with Crippen LogP contribution in [0.5, 0.6) is 0 Å². The molecule has 0 saturated carbocycles. The van der Waals surface area contributed by atoms with Crippen LogP contribution in [0.15, 0.2) is 42.7 Å². The smallest absolute Gasteiger partial charge is 0.258 e. The second-order valence-electron chi connectivity index (χ2n) is 4.44. The molecule has 0 radical (unpaired) electrons. The van der Waals surface area contributed by atoms with Crippen LogP contribution in [0.1, 0.15) is 10.4 Å². The van der Waals surface area contributed by atoms with Gasteiger partial charge in [-0.05, 0) is 30.3 Å². The summed E-state index contributed by atoms with van der Waals surface area (Å²) in [6.45, 7) is 1.41. The van der Waals surface area contributed by atoms with Gasteiger partial charge < -0.3 is 4.90 Å². The minimum atomic E-state index is -0.251. The maximum Gasteiger partial charge on any atom is 0.258 e. The van der Waals surface area contributed by atoms with Crippen molar-refractivity contribution in [2.75, 3.05) is 35.1 Å². The van der Waals surface area contributed by atoms with Crippen molar-refractivity contribution in [1.82, 2.24) is 9.97 Å². The molecule has 23 heavy (non-hydrogen) atoms. The second-order valence-corrected chi connectivity index (χ2v) is 5.19. The summed E-state index contributed by atoms with van der Waals surface area (Å²) in [7, 11) is 0. The highest BCUT2D eigenvalue weighted by atomic mass is 35.5. The van der Waals surface area contributed by atoms with E-state index in [4.69, 9.17) is 23.2 Å². The van der Waals surface area contributed by atoms with E-state index in [1.165, 1.54) is 0 Å². The Bertz CT molecular complexity index is 589. The number of aromatic nitrogens is 2. The van der Waals surface area contributed by atoms with Gasteiger partial charge in [-0.1, -0.05) is 0 Å². The van der Waals surface area contributed by atoms with Gasteiger partial charge in [0.1, 0.15) is 0 Å². The third kappa shape index (κ3) is 5.86. The molecule has 0 atom stereocenters. The van der Waals surface area contributed by atoms with Crippen LogP contribution in [-0.2, 0) is 0 Å². The van der Waals surface area contributed by atoms with E-state index in [0.29, 0.717) is 30.4 Å². The first-order valence-corrected chi connectivity index (χ1v) is 7.87. The molecule has 0 spiro atoms. The number of alkyl halides is 2. The predicted molar refractivity (Wildman–Crippen MR) is 97.3 cm³/mol. The summed E-state index contributed by atoms with van der Waals surface area (Å²) in [4.78, 5) is 22.1. The minimum absolute atomic E-state index is 0. The Morgan fingerprint density at radius 1 is 1.04 bits per heavy atom. The average Bonchev–Trinajstić information content (AvgIpc) is 2.56. The molecule has 8 heteroatoms. The lowest BCUT2D eigenvalue weighted by Gasteiger charge is -2.22. The van der Waals surface area contributed by atoms with Gasteiger partial charge in [0.2, 0.25) is 5.95 Å². The van der Waals surface area contributed by atoms with Crippen LogP contribution in [0.2, 0.25) is 0 Å². The van der Waals surface area contributed by atoms with Gasteiger partial charge in [-0.2, -0.15) is 0 Å². The van der Waals surface area contributed by atoms with Gasteiger partial charge in [-0.3, -0.25) is 10.1 Å². The topological polar surface area (TPSA) is 58.1 Å². The normalized spacial score (nSPS) is 9.83. The van der Waals surface area contributed by atoms with Gasteiger partial charge in [-0.15, -0.1) is 35.6 Å². The molecule has 0 aliphatic carbocycles. The first-order chi connectivity index (χ1) is 10.7. The number of benzene rings is 1. The Hall–Kier alpha value is -1.56. The quantitative estimate of drug-likeness (QED) is 0.753. The molecule has 0 unspecified atom stereocenters. The van der Waals surface area contributed by atoms with Crippen molar-refractivity contribution in [1.29, 1.82) is 0 Å². The van der Waals surface area contributed by atoms with Crippen molar-refractivity contribution in [3.8, 4) is 0 Å². The molecule has 0 saturated heterocycles. The van der Waals surface area contributed by atoms with Crippen LogP contribution in [0.25, 0.3) is 0 Å². The van der Waals surface area contributed by atoms with Gasteiger partial charge >= 0.3 is 0 Å². The largest absolute Gasteiger partial charge is 0.369 e. The fourth-order valence-electron chi connectivity index (χ4n) is 1.94. The molecule has 5 nitrogen and oxygen atoms in total. The Morgan fingerprint density at radius 2 is 1.61 bits per heavy atom. The van der Waals surface area contributed by atoms with E-state index in [-0.39, 0.29) is 24.3 Å². The number of nitrogens with one attached hydrogen (secondary N) is 1. The lowest BCUT2D eigenvalue weighted by Crippen LogP contribution is -2.27. The van der Waals surface area contributed by atoms with Crippen LogP contribution in [-0.4, -0.2) is 40.7 Å². The van der Waals surface area contributed by atoms with E-state index >= 15 is 0 Å². The van der Waals surface area contributed by atoms with E-state index in [9.17, 15) is 4.79 Å². The molecule has 1 aromatic heterocycles. The molecule has 1 N–H and O–H groups in total. The van der Waals surface area contributed by atoms with Gasteiger partial charge in [0.05, 0.1) is 0 Å². The highest BCUT2D eigenvalue weighted by Gasteiger charge is 2.09. The third-order valence-electron chi connectivity index (χ3n) is 2.99. The Kier molecular flexibility index (Phi) is 8.69. The fraction of sp³-hybridized carbons (Fsp3) is 0.267. The summed E-state index contributed by atoms with van der Waals surface area (Å²) < 4.78 is 0. The van der Waals surface area contributed by atoms with Crippen LogP contribution in [0.3, 0.4) is 0 Å². The Labute approximate surface area is 151 Å². The second kappa shape index (κ2) is 10.3. The van der Waals surface area contributed by atoms with Gasteiger partial charge in [0.25, 0.3) is 5.91 Å².